The van der Waals surface area contributed by atoms with Gasteiger partial charge in [0.25, 0.3) is 5.91 Å². The van der Waals surface area contributed by atoms with Gasteiger partial charge in [0.15, 0.2) is 0 Å². The van der Waals surface area contributed by atoms with Crippen LogP contribution in [0.25, 0.3) is 11.3 Å². The molecule has 7 heteroatoms. The molecule has 0 spiro atoms. The quantitative estimate of drug-likeness (QED) is 0.634. The molecule has 3 N–H and O–H groups in total. The van der Waals surface area contributed by atoms with E-state index in [1.165, 1.54) is 23.0 Å². The van der Waals surface area contributed by atoms with Crippen LogP contribution in [-0.2, 0) is 0 Å². The van der Waals surface area contributed by atoms with Crippen LogP contribution in [0.2, 0.25) is 0 Å². The van der Waals surface area contributed by atoms with E-state index in [9.17, 15) is 9.90 Å². The summed E-state index contributed by atoms with van der Waals surface area (Å²) < 4.78 is 1.79. The Morgan fingerprint density at radius 1 is 1.24 bits per heavy atom. The summed E-state index contributed by atoms with van der Waals surface area (Å²) in [7, 11) is 0. The van der Waals surface area contributed by atoms with Crippen LogP contribution in [0, 0.1) is 13.8 Å². The van der Waals surface area contributed by atoms with Gasteiger partial charge in [-0.25, -0.2) is 4.68 Å². The number of aryl methyl sites for hydroxylation is 2. The first-order valence-electron chi connectivity index (χ1n) is 9.41. The minimum absolute atomic E-state index is 0.0827. The highest BCUT2D eigenvalue weighted by Gasteiger charge is 2.21. The molecule has 0 saturated heterocycles. The number of carbonyl (C=O) groups is 1. The molecule has 0 unspecified atom stereocenters. The van der Waals surface area contributed by atoms with Gasteiger partial charge in [-0.15, -0.1) is 11.3 Å². The molecule has 1 aliphatic carbocycles. The van der Waals surface area contributed by atoms with Crippen molar-refractivity contribution in [3.05, 3.63) is 68.8 Å². The van der Waals surface area contributed by atoms with E-state index < -0.39 is 5.91 Å². The first kappa shape index (κ1) is 19.1. The molecule has 148 valence electrons. The van der Waals surface area contributed by atoms with Crippen LogP contribution in [0.3, 0.4) is 0 Å². The Kier molecular flexibility index (Phi) is 5.07. The van der Waals surface area contributed by atoms with Crippen LogP contribution in [0.1, 0.15) is 39.9 Å². The number of hydrogen-bond donors (Lipinski definition) is 2. The monoisotopic (exact) mass is 406 g/mol. The van der Waals surface area contributed by atoms with Gasteiger partial charge in [-0.3, -0.25) is 9.79 Å². The van der Waals surface area contributed by atoms with Crippen molar-refractivity contribution in [3.63, 3.8) is 0 Å². The summed E-state index contributed by atoms with van der Waals surface area (Å²) in [6.45, 7) is 4.12. The van der Waals surface area contributed by atoms with Gasteiger partial charge in [0.05, 0.1) is 23.5 Å². The predicted molar refractivity (Wildman–Crippen MR) is 115 cm³/mol. The van der Waals surface area contributed by atoms with Crippen LogP contribution >= 0.6 is 11.3 Å². The van der Waals surface area contributed by atoms with Crippen LogP contribution < -0.4 is 10.5 Å². The van der Waals surface area contributed by atoms with E-state index in [1.807, 2.05) is 17.7 Å². The van der Waals surface area contributed by atoms with E-state index in [0.29, 0.717) is 6.04 Å². The second-order valence-electron chi connectivity index (χ2n) is 7.28. The summed E-state index contributed by atoms with van der Waals surface area (Å²) in [6, 6.07) is 11.4. The van der Waals surface area contributed by atoms with Crippen LogP contribution in [0.4, 0.5) is 0 Å². The molecule has 4 rings (SSSR count). The minimum atomic E-state index is -0.673. The Morgan fingerprint density at radius 3 is 2.72 bits per heavy atom. The summed E-state index contributed by atoms with van der Waals surface area (Å²) in [5.74, 6) is -0.808. The lowest BCUT2D eigenvalue weighted by molar-refractivity contribution is 0.0998. The normalized spacial score (nSPS) is 14.6. The van der Waals surface area contributed by atoms with Crippen molar-refractivity contribution in [2.75, 3.05) is 0 Å². The van der Waals surface area contributed by atoms with Crippen LogP contribution in [0.15, 0.2) is 51.9 Å². The second kappa shape index (κ2) is 7.67. The smallest absolute Gasteiger partial charge is 0.252 e. The van der Waals surface area contributed by atoms with Gasteiger partial charge in [-0.05, 0) is 56.0 Å². The van der Waals surface area contributed by atoms with Crippen molar-refractivity contribution in [1.29, 1.82) is 0 Å². The number of aromatic nitrogens is 1. The maximum absolute atomic E-state index is 11.6. The lowest BCUT2D eigenvalue weighted by atomic mass is 10.1. The number of amides is 1. The average molecular weight is 407 g/mol. The molecular formula is C22H22N4O2S. The third kappa shape index (κ3) is 4.14. The largest absolute Gasteiger partial charge is 0.507 e. The number of thiazole rings is 1. The lowest BCUT2D eigenvalue weighted by Crippen LogP contribution is -2.14. The number of benzene rings is 2. The second-order valence-corrected chi connectivity index (χ2v) is 8.11. The number of carbonyl (C=O) groups excluding carboxylic acids is 1. The van der Waals surface area contributed by atoms with E-state index in [2.05, 4.69) is 26.0 Å². The third-order valence-electron chi connectivity index (χ3n) is 4.82. The van der Waals surface area contributed by atoms with Crippen molar-refractivity contribution in [3.8, 4) is 17.0 Å². The lowest BCUT2D eigenvalue weighted by Gasteiger charge is -2.07. The summed E-state index contributed by atoms with van der Waals surface area (Å²) in [6.07, 6.45) is 4.02. The third-order valence-corrected chi connectivity index (χ3v) is 5.65. The molecule has 6 nitrogen and oxygen atoms in total. The van der Waals surface area contributed by atoms with Crippen molar-refractivity contribution in [2.45, 2.75) is 32.7 Å². The Bertz CT molecular complexity index is 1190. The zero-order valence-electron chi connectivity index (χ0n) is 16.3. The minimum Gasteiger partial charge on any atom is -0.507 e. The van der Waals surface area contributed by atoms with Gasteiger partial charge in [-0.2, -0.15) is 5.10 Å². The van der Waals surface area contributed by atoms with E-state index in [-0.39, 0.29) is 11.3 Å². The van der Waals surface area contributed by atoms with E-state index >= 15 is 0 Å². The highest BCUT2D eigenvalue weighted by Crippen LogP contribution is 2.27. The molecule has 1 heterocycles. The van der Waals surface area contributed by atoms with Crippen LogP contribution in [0.5, 0.6) is 5.75 Å². The molecule has 1 aromatic heterocycles. The van der Waals surface area contributed by atoms with E-state index in [4.69, 9.17) is 15.8 Å². The first-order chi connectivity index (χ1) is 13.9. The molecule has 3 aromatic rings. The molecule has 0 radical (unpaired) electrons. The number of phenols is 1. The predicted octanol–water partition coefficient (Wildman–Crippen LogP) is 3.58. The van der Waals surface area contributed by atoms with E-state index in [0.717, 1.165) is 40.0 Å². The van der Waals surface area contributed by atoms with Crippen molar-refractivity contribution in [2.24, 2.45) is 15.8 Å². The van der Waals surface area contributed by atoms with Gasteiger partial charge >= 0.3 is 0 Å². The van der Waals surface area contributed by atoms with E-state index in [1.54, 1.807) is 16.8 Å². The molecule has 29 heavy (non-hydrogen) atoms. The number of hydrogen-bond acceptors (Lipinski definition) is 5. The number of nitrogens with zero attached hydrogens (tertiary/aromatic N) is 3. The maximum atomic E-state index is 11.6. The van der Waals surface area contributed by atoms with Gasteiger partial charge in [0, 0.05) is 10.9 Å². The van der Waals surface area contributed by atoms with Gasteiger partial charge < -0.3 is 10.8 Å². The molecule has 1 amide bonds. The Balaban J connectivity index is 1.82. The highest BCUT2D eigenvalue weighted by atomic mass is 32.1. The van der Waals surface area contributed by atoms with Gasteiger partial charge in [-0.1, -0.05) is 23.8 Å². The first-order valence-corrected chi connectivity index (χ1v) is 10.3. The number of aromatic hydroxyl groups is 1. The SMILES string of the molecule is Cc1ccc(C=Nn2c(-c3ccc(O)c(C(N)=O)c3)csc2=NC2CC2)c(C)c1. The molecule has 1 aliphatic rings. The summed E-state index contributed by atoms with van der Waals surface area (Å²) >= 11 is 1.50. The molecule has 1 saturated carbocycles. The van der Waals surface area contributed by atoms with Gasteiger partial charge in [0.2, 0.25) is 4.80 Å². The van der Waals surface area contributed by atoms with Gasteiger partial charge in [0.1, 0.15) is 5.75 Å². The summed E-state index contributed by atoms with van der Waals surface area (Å²) in [5, 5.41) is 16.6. The average Bonchev–Trinajstić information content (AvgIpc) is 3.41. The Morgan fingerprint density at radius 2 is 2.03 bits per heavy atom. The Labute approximate surface area is 172 Å². The topological polar surface area (TPSA) is 93.0 Å². The number of rotatable bonds is 5. The van der Waals surface area contributed by atoms with Crippen molar-refractivity contribution in [1.82, 2.24) is 4.68 Å². The molecular weight excluding hydrogens is 384 g/mol. The zero-order chi connectivity index (χ0) is 20.5. The fraction of sp³-hybridized carbons (Fsp3) is 0.227. The maximum Gasteiger partial charge on any atom is 0.252 e. The molecule has 0 aliphatic heterocycles. The summed E-state index contributed by atoms with van der Waals surface area (Å²) in [5.41, 5.74) is 10.4. The molecule has 2 aromatic carbocycles. The van der Waals surface area contributed by atoms with Crippen LogP contribution in [-0.4, -0.2) is 27.9 Å². The molecule has 0 bridgehead atoms. The zero-order valence-corrected chi connectivity index (χ0v) is 17.1. The highest BCUT2D eigenvalue weighted by molar-refractivity contribution is 7.07. The fourth-order valence-electron chi connectivity index (χ4n) is 3.04. The summed E-state index contributed by atoms with van der Waals surface area (Å²) in [4.78, 5) is 17.2. The van der Waals surface area contributed by atoms with Crippen molar-refractivity contribution < 1.29 is 9.90 Å². The molecule has 0 atom stereocenters. The standard InChI is InChI=1S/C22H22N4O2S/c1-13-3-4-16(14(2)9-13)11-24-26-19(12-29-22(26)25-17-6-7-17)15-5-8-20(27)18(10-15)21(23)28/h3-5,8-12,17,27H,6-7H2,1-2H3,(H2,23,28). The Hall–Kier alpha value is -3.19. The number of primary amides is 1. The molecule has 1 fully saturated rings. The fourth-order valence-corrected chi connectivity index (χ4v) is 3.95. The van der Waals surface area contributed by atoms with Crippen molar-refractivity contribution >= 4 is 23.5 Å². The number of nitrogens with two attached hydrogens (primary N) is 1.